The number of methoxy groups -OCH3 is 1. The average molecular weight is 216 g/mol. The molecule has 0 aromatic carbocycles. The van der Waals surface area contributed by atoms with E-state index in [0.717, 1.165) is 6.42 Å². The highest BCUT2D eigenvalue weighted by atomic mass is 16.5. The average Bonchev–Trinajstić information content (AvgIpc) is 2.31. The Balaban J connectivity index is 3.57. The van der Waals surface area contributed by atoms with Gasteiger partial charge in [0.2, 0.25) is 0 Å². The first kappa shape index (κ1) is 14.2. The molecule has 0 saturated heterocycles. The van der Waals surface area contributed by atoms with Gasteiger partial charge in [0.25, 0.3) is 0 Å². The highest BCUT2D eigenvalue weighted by Gasteiger charge is 1.94. The number of rotatable bonds is 2. The quantitative estimate of drug-likeness (QED) is 0.522. The van der Waals surface area contributed by atoms with Gasteiger partial charge in [-0.3, -0.25) is 4.79 Å². The van der Waals surface area contributed by atoms with E-state index in [9.17, 15) is 4.79 Å². The van der Waals surface area contributed by atoms with E-state index in [1.54, 1.807) is 0 Å². The second-order valence-corrected chi connectivity index (χ2v) is 2.84. The highest BCUT2D eigenvalue weighted by molar-refractivity contribution is 5.69. The monoisotopic (exact) mass is 216 g/mol. The summed E-state index contributed by atoms with van der Waals surface area (Å²) in [4.78, 5) is 10.7. The van der Waals surface area contributed by atoms with Gasteiger partial charge < -0.3 is 4.74 Å². The third kappa shape index (κ3) is 10.2. The minimum Gasteiger partial charge on any atom is -0.469 e. The lowest BCUT2D eigenvalue weighted by Crippen LogP contribution is -1.98. The molecule has 0 rings (SSSR count). The van der Waals surface area contributed by atoms with Crippen LogP contribution in [0.4, 0.5) is 0 Å². The first-order valence-corrected chi connectivity index (χ1v) is 5.25. The summed E-state index contributed by atoms with van der Waals surface area (Å²) < 4.78 is 4.48. The molecule has 0 amide bonds. The van der Waals surface area contributed by atoms with Crippen LogP contribution < -0.4 is 0 Å². The number of ether oxygens (including phenoxy) is 1. The Hall–Kier alpha value is -1.85. The lowest BCUT2D eigenvalue weighted by atomic mass is 10.3. The van der Waals surface area contributed by atoms with Gasteiger partial charge in [-0.1, -0.05) is 30.6 Å². The van der Waals surface area contributed by atoms with E-state index in [4.69, 9.17) is 0 Å². The second-order valence-electron chi connectivity index (χ2n) is 2.84. The van der Waals surface area contributed by atoms with Crippen LogP contribution in [0.5, 0.6) is 0 Å². The van der Waals surface area contributed by atoms with Gasteiger partial charge in [-0.15, -0.1) is 11.8 Å². The Labute approximate surface area is 97.8 Å². The van der Waals surface area contributed by atoms with E-state index >= 15 is 0 Å². The molecule has 0 fully saturated rings. The van der Waals surface area contributed by atoms with Crippen molar-refractivity contribution in [3.8, 4) is 35.5 Å². The maximum Gasteiger partial charge on any atom is 0.306 e. The summed E-state index contributed by atoms with van der Waals surface area (Å²) in [5.74, 6) is 17.2. The molecule has 0 spiro atoms. The predicted molar refractivity (Wildman–Crippen MR) is 64.1 cm³/mol. The molecule has 0 aromatic heterocycles. The van der Waals surface area contributed by atoms with Gasteiger partial charge in [-0.25, -0.2) is 0 Å². The van der Waals surface area contributed by atoms with Crippen molar-refractivity contribution in [1.82, 2.24) is 0 Å². The van der Waals surface area contributed by atoms with Crippen molar-refractivity contribution in [2.24, 2.45) is 0 Å². The van der Waals surface area contributed by atoms with Gasteiger partial charge in [-0.05, 0) is 0 Å². The van der Waals surface area contributed by atoms with E-state index in [1.165, 1.54) is 7.11 Å². The molecule has 0 N–H and O–H groups in total. The van der Waals surface area contributed by atoms with Gasteiger partial charge >= 0.3 is 5.97 Å². The Bertz CT molecular complexity index is 374. The van der Waals surface area contributed by atoms with Crippen LogP contribution in [0.1, 0.15) is 39.0 Å². The summed E-state index contributed by atoms with van der Waals surface area (Å²) in [6, 6.07) is 0. The minimum atomic E-state index is -0.227. The molecule has 0 aliphatic carbocycles. The molecule has 0 bridgehead atoms. The van der Waals surface area contributed by atoms with Gasteiger partial charge in [0.05, 0.1) is 26.4 Å². The SMILES string of the molecule is CCC#CCC#CCC#CCCC(=O)OC. The summed E-state index contributed by atoms with van der Waals surface area (Å²) >= 11 is 0. The standard InChI is InChI=1S/C14H16O2/c1-3-4-5-6-7-8-9-10-11-12-13-14(15)16-2/h3,6,9,12-13H2,1-2H3. The van der Waals surface area contributed by atoms with Gasteiger partial charge in [0.1, 0.15) is 0 Å². The van der Waals surface area contributed by atoms with Crippen molar-refractivity contribution in [2.45, 2.75) is 39.0 Å². The fourth-order valence-electron chi connectivity index (χ4n) is 0.818. The number of carbonyl (C=O) groups excluding carboxylic acids is 1. The zero-order valence-electron chi connectivity index (χ0n) is 9.85. The van der Waals surface area contributed by atoms with Gasteiger partial charge in [0, 0.05) is 12.8 Å². The maximum atomic E-state index is 10.7. The highest BCUT2D eigenvalue weighted by Crippen LogP contribution is 1.89. The van der Waals surface area contributed by atoms with Crippen molar-refractivity contribution in [2.75, 3.05) is 7.11 Å². The Kier molecular flexibility index (Phi) is 9.93. The number of carbonyl (C=O) groups is 1. The van der Waals surface area contributed by atoms with E-state index in [0.29, 0.717) is 25.7 Å². The van der Waals surface area contributed by atoms with Crippen molar-refractivity contribution < 1.29 is 9.53 Å². The number of hydrogen-bond donors (Lipinski definition) is 0. The van der Waals surface area contributed by atoms with Crippen LogP contribution in [-0.2, 0) is 9.53 Å². The molecule has 0 aliphatic heterocycles. The topological polar surface area (TPSA) is 26.3 Å². The molecule has 2 heteroatoms. The van der Waals surface area contributed by atoms with Crippen molar-refractivity contribution in [3.05, 3.63) is 0 Å². The van der Waals surface area contributed by atoms with Crippen LogP contribution in [0, 0.1) is 35.5 Å². The largest absolute Gasteiger partial charge is 0.469 e. The van der Waals surface area contributed by atoms with Gasteiger partial charge in [-0.2, -0.15) is 0 Å². The maximum absolute atomic E-state index is 10.7. The van der Waals surface area contributed by atoms with E-state index < -0.39 is 0 Å². The van der Waals surface area contributed by atoms with Crippen molar-refractivity contribution >= 4 is 5.97 Å². The van der Waals surface area contributed by atoms with Crippen LogP contribution in [0.2, 0.25) is 0 Å². The lowest BCUT2D eigenvalue weighted by Gasteiger charge is -1.91. The minimum absolute atomic E-state index is 0.227. The number of esters is 1. The Morgan fingerprint density at radius 1 is 1.00 bits per heavy atom. The van der Waals surface area contributed by atoms with Crippen LogP contribution >= 0.6 is 0 Å². The molecular formula is C14H16O2. The fourth-order valence-corrected chi connectivity index (χ4v) is 0.818. The zero-order chi connectivity index (χ0) is 12.1. The van der Waals surface area contributed by atoms with Crippen LogP contribution in [0.25, 0.3) is 0 Å². The molecule has 0 aliphatic rings. The fraction of sp³-hybridized carbons (Fsp3) is 0.500. The molecule has 0 radical (unpaired) electrons. The smallest absolute Gasteiger partial charge is 0.306 e. The van der Waals surface area contributed by atoms with Crippen molar-refractivity contribution in [3.63, 3.8) is 0 Å². The summed E-state index contributed by atoms with van der Waals surface area (Å²) in [5, 5.41) is 0. The molecule has 0 unspecified atom stereocenters. The Morgan fingerprint density at radius 3 is 2.12 bits per heavy atom. The van der Waals surface area contributed by atoms with E-state index in [2.05, 4.69) is 40.3 Å². The molecule has 2 nitrogen and oxygen atoms in total. The first-order valence-electron chi connectivity index (χ1n) is 5.25. The molecule has 0 atom stereocenters. The number of hydrogen-bond acceptors (Lipinski definition) is 2. The summed E-state index contributed by atoms with van der Waals surface area (Å²) in [5.41, 5.74) is 0. The third-order valence-corrected chi connectivity index (χ3v) is 1.59. The predicted octanol–water partition coefficient (Wildman–Crippen LogP) is 2.14. The molecule has 0 aromatic rings. The van der Waals surface area contributed by atoms with Crippen LogP contribution in [0.15, 0.2) is 0 Å². The summed E-state index contributed by atoms with van der Waals surface area (Å²) in [6.45, 7) is 2.01. The van der Waals surface area contributed by atoms with Gasteiger partial charge in [0.15, 0.2) is 0 Å². The molecule has 84 valence electrons. The first-order chi connectivity index (χ1) is 7.81. The summed E-state index contributed by atoms with van der Waals surface area (Å²) in [7, 11) is 1.37. The second kappa shape index (κ2) is 11.2. The van der Waals surface area contributed by atoms with Crippen LogP contribution in [0.3, 0.4) is 0 Å². The summed E-state index contributed by atoms with van der Waals surface area (Å²) in [6.07, 6.45) is 2.89. The van der Waals surface area contributed by atoms with E-state index in [1.807, 2.05) is 6.92 Å². The molecular weight excluding hydrogens is 200 g/mol. The third-order valence-electron chi connectivity index (χ3n) is 1.59. The molecule has 0 saturated carbocycles. The normalized spacial score (nSPS) is 7.38. The molecule has 0 heterocycles. The zero-order valence-corrected chi connectivity index (χ0v) is 9.85. The lowest BCUT2D eigenvalue weighted by molar-refractivity contribution is -0.140. The van der Waals surface area contributed by atoms with Crippen LogP contribution in [-0.4, -0.2) is 13.1 Å². The molecule has 16 heavy (non-hydrogen) atoms. The van der Waals surface area contributed by atoms with Crippen molar-refractivity contribution in [1.29, 1.82) is 0 Å². The van der Waals surface area contributed by atoms with E-state index in [-0.39, 0.29) is 5.97 Å². The Morgan fingerprint density at radius 2 is 1.56 bits per heavy atom.